The van der Waals surface area contributed by atoms with Gasteiger partial charge in [0.15, 0.2) is 0 Å². The van der Waals surface area contributed by atoms with Gasteiger partial charge in [-0.2, -0.15) is 0 Å². The van der Waals surface area contributed by atoms with Gasteiger partial charge in [0.05, 0.1) is 0 Å². The van der Waals surface area contributed by atoms with Gasteiger partial charge in [-0.15, -0.1) is 0 Å². The molecule has 0 aromatic heterocycles. The molecule has 0 aromatic rings. The van der Waals surface area contributed by atoms with E-state index in [0.29, 0.717) is 5.57 Å². The molecule has 17 heavy (non-hydrogen) atoms. The van der Waals surface area contributed by atoms with Gasteiger partial charge in [0.25, 0.3) is 0 Å². The number of hydrogen-bond donors (Lipinski definition) is 0. The third-order valence-corrected chi connectivity index (χ3v) is 6.01. The van der Waals surface area contributed by atoms with Crippen LogP contribution >= 0.6 is 0 Å². The second kappa shape index (κ2) is 7.63. The Bertz CT molecular complexity index is 261. The smallest absolute Gasteiger partial charge is 0.376 e. The summed E-state index contributed by atoms with van der Waals surface area (Å²) in [7, 11) is 0.744. The molecule has 0 rings (SSSR count). The number of hydrogen-bond acceptors (Lipinski definition) is 4. The Kier molecular flexibility index (Phi) is 7.34. The Balaban J connectivity index is 4.73. The summed E-state index contributed by atoms with van der Waals surface area (Å²) in [6, 6.07) is 0. The van der Waals surface area contributed by atoms with E-state index in [4.69, 9.17) is 13.6 Å². The molecule has 0 aliphatic rings. The van der Waals surface area contributed by atoms with E-state index in [1.807, 2.05) is 6.55 Å². The monoisotopic (exact) mass is 260 g/mol. The average molecular weight is 260 g/mol. The molecule has 0 amide bonds. The summed E-state index contributed by atoms with van der Waals surface area (Å²) in [4.78, 5) is 11.6. The van der Waals surface area contributed by atoms with Crippen molar-refractivity contribution in [3.05, 3.63) is 12.2 Å². The molecule has 100 valence electrons. The number of unbranched alkanes of at least 4 members (excludes halogenated alkanes) is 1. The Labute approximate surface area is 105 Å². The molecule has 0 aliphatic carbocycles. The molecule has 0 saturated heterocycles. The highest BCUT2D eigenvalue weighted by Gasteiger charge is 2.42. The van der Waals surface area contributed by atoms with Crippen molar-refractivity contribution in [2.75, 3.05) is 14.2 Å². The summed E-state index contributed by atoms with van der Waals surface area (Å²) in [6.45, 7) is 9.21. The summed E-state index contributed by atoms with van der Waals surface area (Å²) in [5, 5.41) is 0. The van der Waals surface area contributed by atoms with Crippen molar-refractivity contribution in [3.63, 3.8) is 0 Å². The fraction of sp³-hybridized carbons (Fsp3) is 0.750. The topological polar surface area (TPSA) is 44.8 Å². The van der Waals surface area contributed by atoms with E-state index < -0.39 is 8.56 Å². The van der Waals surface area contributed by atoms with E-state index >= 15 is 0 Å². The first kappa shape index (κ1) is 16.3. The maximum absolute atomic E-state index is 11.6. The maximum Gasteiger partial charge on any atom is 0.376 e. The third kappa shape index (κ3) is 5.02. The van der Waals surface area contributed by atoms with Gasteiger partial charge < -0.3 is 13.6 Å². The normalized spacial score (nSPS) is 13.2. The van der Waals surface area contributed by atoms with Crippen LogP contribution in [0.15, 0.2) is 12.2 Å². The molecular formula is C12H24O4Si. The van der Waals surface area contributed by atoms with Gasteiger partial charge in [-0.1, -0.05) is 26.3 Å². The van der Waals surface area contributed by atoms with Crippen molar-refractivity contribution in [3.8, 4) is 0 Å². The summed E-state index contributed by atoms with van der Waals surface area (Å²) in [6.07, 6.45) is 2.78. The molecule has 0 heterocycles. The number of carbonyl (C=O) groups is 1. The second-order valence-corrected chi connectivity index (χ2v) is 7.73. The minimum Gasteiger partial charge on any atom is -0.457 e. The third-order valence-electron chi connectivity index (χ3n) is 2.81. The lowest BCUT2D eigenvalue weighted by Gasteiger charge is -2.31. The van der Waals surface area contributed by atoms with Gasteiger partial charge in [0.2, 0.25) is 0 Å². The predicted molar refractivity (Wildman–Crippen MR) is 69.9 cm³/mol. The van der Waals surface area contributed by atoms with Crippen LogP contribution in [0.4, 0.5) is 0 Å². The van der Waals surface area contributed by atoms with Crippen LogP contribution in [0.25, 0.3) is 0 Å². The van der Waals surface area contributed by atoms with E-state index in [1.54, 1.807) is 21.1 Å². The highest BCUT2D eigenvalue weighted by atomic mass is 28.4. The summed E-state index contributed by atoms with van der Waals surface area (Å²) < 4.78 is 16.3. The number of ether oxygens (including phenoxy) is 1. The van der Waals surface area contributed by atoms with E-state index in [-0.39, 0.29) is 11.7 Å². The summed E-state index contributed by atoms with van der Waals surface area (Å²) >= 11 is 0. The van der Waals surface area contributed by atoms with Crippen LogP contribution in [-0.2, 0) is 18.4 Å². The average Bonchev–Trinajstić information content (AvgIpc) is 2.32. The van der Waals surface area contributed by atoms with E-state index in [2.05, 4.69) is 13.5 Å². The summed E-state index contributed by atoms with van der Waals surface area (Å²) in [5.41, 5.74) is 0.108. The molecule has 0 aromatic carbocycles. The van der Waals surface area contributed by atoms with Gasteiger partial charge in [0.1, 0.15) is 5.73 Å². The largest absolute Gasteiger partial charge is 0.457 e. The van der Waals surface area contributed by atoms with E-state index in [0.717, 1.165) is 19.3 Å². The van der Waals surface area contributed by atoms with E-state index in [1.165, 1.54) is 0 Å². The Hall–Kier alpha value is -0.653. The molecular weight excluding hydrogens is 236 g/mol. The zero-order valence-corrected chi connectivity index (χ0v) is 12.5. The molecule has 0 bridgehead atoms. The summed E-state index contributed by atoms with van der Waals surface area (Å²) in [5.74, 6) is -0.376. The first-order valence-electron chi connectivity index (χ1n) is 5.88. The minimum absolute atomic E-state index is 0.290. The lowest BCUT2D eigenvalue weighted by molar-refractivity contribution is -0.142. The van der Waals surface area contributed by atoms with Crippen molar-refractivity contribution in [2.45, 2.75) is 45.4 Å². The van der Waals surface area contributed by atoms with Crippen LogP contribution in [0.1, 0.15) is 33.1 Å². The van der Waals surface area contributed by atoms with Gasteiger partial charge in [-0.05, 0) is 19.9 Å². The molecule has 1 atom stereocenters. The van der Waals surface area contributed by atoms with Crippen molar-refractivity contribution in [1.29, 1.82) is 0 Å². The van der Waals surface area contributed by atoms with Crippen molar-refractivity contribution in [2.24, 2.45) is 0 Å². The highest BCUT2D eigenvalue weighted by Crippen LogP contribution is 2.20. The second-order valence-electron chi connectivity index (χ2n) is 4.24. The molecule has 1 unspecified atom stereocenters. The van der Waals surface area contributed by atoms with Gasteiger partial charge in [-0.3, -0.25) is 0 Å². The van der Waals surface area contributed by atoms with Crippen molar-refractivity contribution < 1.29 is 18.4 Å². The first-order valence-corrected chi connectivity index (χ1v) is 8.27. The molecule has 5 heteroatoms. The number of rotatable bonds is 8. The molecule has 0 saturated carbocycles. The van der Waals surface area contributed by atoms with Gasteiger partial charge in [-0.25, -0.2) is 4.79 Å². The highest BCUT2D eigenvalue weighted by molar-refractivity contribution is 6.67. The van der Waals surface area contributed by atoms with Crippen LogP contribution in [-0.4, -0.2) is 34.5 Å². The standard InChI is InChI=1S/C12H24O4Si/c1-7-8-9-11(16-12(13)10(2)3)17(6,14-4)15-5/h11H,2,7-9H2,1,3-6H3. The SMILES string of the molecule is C=C(C)C(=O)OC(CCCC)[Si](C)(OC)OC. The molecule has 4 nitrogen and oxygen atoms in total. The van der Waals surface area contributed by atoms with Crippen LogP contribution in [0, 0.1) is 0 Å². The molecule has 0 aliphatic heterocycles. The quantitative estimate of drug-likeness (QED) is 0.382. The predicted octanol–water partition coefficient (Wildman–Crippen LogP) is 2.57. The van der Waals surface area contributed by atoms with Crippen LogP contribution in [0.3, 0.4) is 0 Å². The van der Waals surface area contributed by atoms with Crippen LogP contribution in [0.5, 0.6) is 0 Å². The van der Waals surface area contributed by atoms with E-state index in [9.17, 15) is 4.79 Å². The minimum atomic E-state index is -2.46. The fourth-order valence-corrected chi connectivity index (χ4v) is 3.14. The van der Waals surface area contributed by atoms with Crippen LogP contribution < -0.4 is 0 Å². The molecule has 0 spiro atoms. The Morgan fingerprint density at radius 3 is 2.24 bits per heavy atom. The van der Waals surface area contributed by atoms with Crippen LogP contribution in [0.2, 0.25) is 6.55 Å². The molecule has 0 N–H and O–H groups in total. The Morgan fingerprint density at radius 2 is 1.88 bits per heavy atom. The maximum atomic E-state index is 11.6. The van der Waals surface area contributed by atoms with Crippen molar-refractivity contribution in [1.82, 2.24) is 0 Å². The number of carbonyl (C=O) groups excluding carboxylic acids is 1. The van der Waals surface area contributed by atoms with Gasteiger partial charge in [0, 0.05) is 19.8 Å². The van der Waals surface area contributed by atoms with Crippen molar-refractivity contribution >= 4 is 14.5 Å². The number of esters is 1. The van der Waals surface area contributed by atoms with Gasteiger partial charge >= 0.3 is 14.5 Å². The zero-order valence-electron chi connectivity index (χ0n) is 11.5. The lowest BCUT2D eigenvalue weighted by atomic mass is 10.2. The fourth-order valence-electron chi connectivity index (χ4n) is 1.39. The lowest BCUT2D eigenvalue weighted by Crippen LogP contribution is -2.51. The molecule has 0 radical (unpaired) electrons. The first-order chi connectivity index (χ1) is 7.91. The Morgan fingerprint density at radius 1 is 1.35 bits per heavy atom. The zero-order chi connectivity index (χ0) is 13.5. The molecule has 0 fully saturated rings.